The summed E-state index contributed by atoms with van der Waals surface area (Å²) in [6.45, 7) is 22.8. The molecular formula is C85H115N11O25S2. The van der Waals surface area contributed by atoms with Gasteiger partial charge in [0.15, 0.2) is 0 Å². The van der Waals surface area contributed by atoms with Crippen LogP contribution >= 0.6 is 0 Å². The van der Waals surface area contributed by atoms with Crippen molar-refractivity contribution in [1.29, 1.82) is 0 Å². The van der Waals surface area contributed by atoms with Crippen LogP contribution in [-0.2, 0) is 86.4 Å². The topological polar surface area (TPSA) is 456 Å². The Kier molecular flexibility index (Phi) is 25.5. The number of methoxy groups -OCH3 is 2. The van der Waals surface area contributed by atoms with E-state index in [4.69, 9.17) is 41.5 Å². The number of benzene rings is 2. The molecule has 672 valence electrons. The van der Waals surface area contributed by atoms with Crippen LogP contribution in [-0.4, -0.2) is 211 Å². The summed E-state index contributed by atoms with van der Waals surface area (Å²) in [5, 5.41) is 14.7. The maximum atomic E-state index is 14.6. The van der Waals surface area contributed by atoms with Crippen molar-refractivity contribution in [2.24, 2.45) is 46.3 Å². The minimum absolute atomic E-state index is 0.0172. The van der Waals surface area contributed by atoms with Crippen LogP contribution in [0.2, 0.25) is 0 Å². The zero-order chi connectivity index (χ0) is 89.2. The smallest absolute Gasteiger partial charge is 0.497 e. The fraction of sp³-hybridized carbons (Fsp3) is 0.659. The molecule has 8 aliphatic carbocycles. The van der Waals surface area contributed by atoms with Gasteiger partial charge in [0, 0.05) is 48.8 Å². The van der Waals surface area contributed by atoms with Crippen molar-refractivity contribution >= 4 is 108 Å². The molecule has 15 rings (SSSR count). The first-order valence-corrected chi connectivity index (χ1v) is 45.2. The van der Waals surface area contributed by atoms with Crippen molar-refractivity contribution in [3.05, 3.63) is 60.9 Å². The third-order valence-electron chi connectivity index (χ3n) is 25.0. The minimum atomic E-state index is -4.45. The number of alkyl carbamates (subject to hydrolysis) is 2. The Labute approximate surface area is 715 Å². The number of hydrogen-bond acceptors (Lipinski definition) is 27. The van der Waals surface area contributed by atoms with Gasteiger partial charge in [-0.3, -0.25) is 43.2 Å². The zero-order valence-corrected chi connectivity index (χ0v) is 73.9. The summed E-state index contributed by atoms with van der Waals surface area (Å²) in [5.74, 6) is -1.39. The quantitative estimate of drug-likeness (QED) is 0.0185. The summed E-state index contributed by atoms with van der Waals surface area (Å²) in [6, 6.07) is 10.0. The third kappa shape index (κ3) is 21.7. The maximum absolute atomic E-state index is 14.6. The number of hydrogen-bond donors (Lipinski definition) is 6. The Hall–Kier alpha value is -9.95. The number of likely N-dealkylation sites (tertiary alicyclic amines) is 2. The molecule has 6 N–H and O–H groups in total. The van der Waals surface area contributed by atoms with Gasteiger partial charge in [-0.05, 0) is 217 Å². The lowest BCUT2D eigenvalue weighted by Gasteiger charge is -2.36. The predicted molar refractivity (Wildman–Crippen MR) is 439 cm³/mol. The molecule has 10 amide bonds. The number of pyridine rings is 2. The van der Waals surface area contributed by atoms with Crippen LogP contribution in [0.5, 0.6) is 23.3 Å². The van der Waals surface area contributed by atoms with Gasteiger partial charge in [0.05, 0.1) is 38.5 Å². The Balaban J connectivity index is 0.000000177. The van der Waals surface area contributed by atoms with Crippen molar-refractivity contribution in [3.63, 3.8) is 0 Å². The highest BCUT2D eigenvalue weighted by Crippen LogP contribution is 2.54. The lowest BCUT2D eigenvalue weighted by Crippen LogP contribution is -2.60. The maximum Gasteiger partial charge on any atom is 0.534 e. The van der Waals surface area contributed by atoms with E-state index in [0.29, 0.717) is 95.4 Å². The van der Waals surface area contributed by atoms with Gasteiger partial charge in [-0.2, -0.15) is 16.8 Å². The molecule has 0 spiro atoms. The monoisotopic (exact) mass is 1750 g/mol. The first-order valence-electron chi connectivity index (χ1n) is 42.3. The Morgan fingerprint density at radius 3 is 1.27 bits per heavy atom. The Morgan fingerprint density at radius 1 is 0.520 bits per heavy atom. The number of carbonyl (C=O) groups excluding carboxylic acids is 11. The van der Waals surface area contributed by atoms with Gasteiger partial charge in [-0.15, -0.1) is 0 Å². The van der Waals surface area contributed by atoms with E-state index in [0.717, 1.165) is 36.5 Å². The normalized spacial score (nSPS) is 28.2. The minimum Gasteiger partial charge on any atom is -0.497 e. The number of hydroxylamine groups is 2. The van der Waals surface area contributed by atoms with Crippen molar-refractivity contribution in [3.8, 4) is 23.3 Å². The van der Waals surface area contributed by atoms with E-state index < -0.39 is 161 Å². The first kappa shape index (κ1) is 90.8. The third-order valence-corrected chi connectivity index (χ3v) is 27.2. The highest BCUT2D eigenvalue weighted by Gasteiger charge is 2.64. The molecule has 2 aromatic carbocycles. The largest absolute Gasteiger partial charge is 0.534 e. The number of fused-ring (bicyclic) bond motifs is 4. The molecule has 2 unspecified atom stereocenters. The number of imide groups is 1. The standard InChI is InChI=1S/C38H51N5O10S.C36H51N5O10S.C11H13NO5/c1-7-24-19-38(24,34(46)42-54(48,49)53-37(5)11-12-37)41-31(44)29-18-27(51-32-28-9-8-25(50-6)15-21(28)10-13-39-32)20-43(29)33(45)30(36(2,3)4)40-35(47)52-26-16-22-14-23(22)17-26;1-10-22-19-36(22,31(44)40-52(46,47)51-35(8)14-15-35)39-28(42)26-18-24(49-29-25-12-11-23(48-9)17-21(25)13-16-37-29)20-41(26)30(43)27(33(2,3)4)38-32(45)50-34(5,6)7;13-9-1-2-10(14)12(9)17-11(15)16-8-4-6-3-7(6)5-8/h8-10,13,15,22-24,26-27,29-30H,7,11-12,14,16-20H2,1-6H3,(H,40,47)(H,41,44)(H,42,46);11-13,16-17,22,24,26-27H,10,14-15,18-20H2,1-9H3,(H,38,45)(H,39,42)(H,40,44);6-8H,1-5H2/t22-,23+,24-,26?,27-,29+,30-,38-;22-,24-,26+,27-,36-;6-,7+,8?/m11./s1. The van der Waals surface area contributed by atoms with Crippen LogP contribution in [0.4, 0.5) is 14.4 Å². The van der Waals surface area contributed by atoms with Crippen molar-refractivity contribution < 1.29 is 116 Å². The van der Waals surface area contributed by atoms with Gasteiger partial charge in [0.2, 0.25) is 35.4 Å². The number of amides is 10. The van der Waals surface area contributed by atoms with E-state index in [1.54, 1.807) is 100 Å². The molecule has 11 fully saturated rings. The molecule has 4 aromatic rings. The van der Waals surface area contributed by atoms with Gasteiger partial charge >= 0.3 is 39.0 Å². The summed E-state index contributed by atoms with van der Waals surface area (Å²) in [4.78, 5) is 161. The fourth-order valence-electron chi connectivity index (χ4n) is 17.2. The highest BCUT2D eigenvalue weighted by atomic mass is 32.2. The number of rotatable bonds is 27. The molecular weight excluding hydrogens is 1640 g/mol. The molecule has 0 radical (unpaired) electrons. The van der Waals surface area contributed by atoms with Crippen LogP contribution in [0.15, 0.2) is 60.9 Å². The summed E-state index contributed by atoms with van der Waals surface area (Å²) in [6.07, 6.45) is 8.57. The van der Waals surface area contributed by atoms with E-state index in [2.05, 4.69) is 36.1 Å². The lowest BCUT2D eigenvalue weighted by atomic mass is 9.85. The Bertz CT molecular complexity index is 5010. The van der Waals surface area contributed by atoms with Crippen molar-refractivity contribution in [2.75, 3.05) is 27.3 Å². The lowest BCUT2D eigenvalue weighted by molar-refractivity contribution is -0.178. The molecule has 36 nitrogen and oxygen atoms in total. The molecule has 3 aliphatic heterocycles. The van der Waals surface area contributed by atoms with E-state index in [1.165, 1.54) is 22.6 Å². The van der Waals surface area contributed by atoms with Crippen LogP contribution < -0.4 is 49.7 Å². The Morgan fingerprint density at radius 2 is 0.911 bits per heavy atom. The summed E-state index contributed by atoms with van der Waals surface area (Å²) >= 11 is 0. The number of aromatic nitrogens is 2. The van der Waals surface area contributed by atoms with Gasteiger partial charge < -0.3 is 64.2 Å². The van der Waals surface area contributed by atoms with Gasteiger partial charge in [-0.1, -0.05) is 73.3 Å². The molecule has 11 aliphatic rings. The SMILES string of the molecule is CC[C@@H]1C[C@]1(NC(=O)[C@@H]1C[C@@H](Oc2nccc3cc(OC)ccc23)CN1C(=O)[C@@H](NC(=O)OC(C)(C)C)C(C)(C)C)C(=O)NS(=O)(=O)OC1(C)CC1.CC[C@@H]1C[C@]1(NC(=O)[C@@H]1C[C@@H](Oc2nccc3cc(OC)ccc23)CN1C(=O)[C@@H](NC(=O)OC1C[C@@H]2C[C@@H]2C1)C(C)(C)C)C(=O)NS(=O)(=O)OC1(C)CC1.O=C(OC1C[C@@H]2C[C@@H]2C1)ON1C(=O)CCC1=O. The fourth-order valence-corrected chi connectivity index (χ4v) is 19.5. The van der Waals surface area contributed by atoms with Crippen LogP contribution in [0, 0.1) is 46.3 Å². The summed E-state index contributed by atoms with van der Waals surface area (Å²) < 4.78 is 105. The molecule has 16 atom stereocenters. The summed E-state index contributed by atoms with van der Waals surface area (Å²) in [5.41, 5.74) is -7.22. The molecule has 0 bridgehead atoms. The van der Waals surface area contributed by atoms with E-state index in [9.17, 15) is 69.6 Å². The van der Waals surface area contributed by atoms with E-state index in [1.807, 2.05) is 74.4 Å². The van der Waals surface area contributed by atoms with E-state index in [-0.39, 0.29) is 81.5 Å². The second-order valence-corrected chi connectivity index (χ2v) is 40.8. The second kappa shape index (κ2) is 34.5. The number of carbonyl (C=O) groups is 11. The molecule has 38 heteroatoms. The summed E-state index contributed by atoms with van der Waals surface area (Å²) in [7, 11) is -5.76. The predicted octanol–water partition coefficient (Wildman–Crippen LogP) is 8.49. The molecule has 123 heavy (non-hydrogen) atoms. The number of nitrogens with zero attached hydrogens (tertiary/aromatic N) is 5. The second-order valence-electron chi connectivity index (χ2n) is 38.3. The first-order chi connectivity index (χ1) is 57.6. The number of ether oxygens (including phenoxy) is 7. The van der Waals surface area contributed by atoms with Crippen LogP contribution in [0.1, 0.15) is 206 Å². The van der Waals surface area contributed by atoms with Crippen LogP contribution in [0.25, 0.3) is 21.5 Å². The average Bonchev–Trinajstić information content (AvgIpc) is 1.57. The van der Waals surface area contributed by atoms with Crippen molar-refractivity contribution in [2.45, 2.75) is 282 Å². The molecule has 2 aromatic heterocycles. The highest BCUT2D eigenvalue weighted by molar-refractivity contribution is 7.85. The molecule has 3 saturated heterocycles. The van der Waals surface area contributed by atoms with Gasteiger partial charge in [0.25, 0.3) is 23.6 Å². The van der Waals surface area contributed by atoms with E-state index >= 15 is 0 Å². The van der Waals surface area contributed by atoms with Crippen molar-refractivity contribution in [1.82, 2.24) is 55.5 Å². The number of nitrogens with one attached hydrogen (secondary N) is 6. The zero-order valence-electron chi connectivity index (χ0n) is 72.3. The van der Waals surface area contributed by atoms with Gasteiger partial charge in [0.1, 0.15) is 76.8 Å². The average molecular weight is 1760 g/mol. The molecule has 8 saturated carbocycles. The molecule has 5 heterocycles. The van der Waals surface area contributed by atoms with Gasteiger partial charge in [-0.25, -0.2) is 42.2 Å². The van der Waals surface area contributed by atoms with Crippen LogP contribution in [0.3, 0.4) is 0 Å².